The molecule has 1 aliphatic heterocycles. The van der Waals surface area contributed by atoms with E-state index in [1.54, 1.807) is 12.3 Å². The summed E-state index contributed by atoms with van der Waals surface area (Å²) in [6, 6.07) is 10.5. The molecule has 2 aliphatic rings. The van der Waals surface area contributed by atoms with Crippen LogP contribution in [0.4, 0.5) is 4.39 Å². The zero-order valence-corrected chi connectivity index (χ0v) is 14.0. The van der Waals surface area contributed by atoms with Crippen molar-refractivity contribution in [3.63, 3.8) is 0 Å². The van der Waals surface area contributed by atoms with Crippen LogP contribution in [-0.4, -0.2) is 16.9 Å². The van der Waals surface area contributed by atoms with Gasteiger partial charge in [-0.3, -0.25) is 9.78 Å². The Balaban J connectivity index is 1.48. The molecule has 1 aliphatic carbocycles. The average Bonchev–Trinajstić information content (AvgIpc) is 2.97. The Morgan fingerprint density at radius 2 is 2.00 bits per heavy atom. The van der Waals surface area contributed by atoms with Gasteiger partial charge >= 0.3 is 0 Å². The van der Waals surface area contributed by atoms with E-state index in [-0.39, 0.29) is 23.7 Å². The number of hydrogen-bond acceptors (Lipinski definition) is 2. The molecule has 0 spiro atoms. The number of nitrogens with one attached hydrogen (secondary N) is 1. The van der Waals surface area contributed by atoms with Crippen LogP contribution in [0.15, 0.2) is 48.7 Å². The second-order valence-electron chi connectivity index (χ2n) is 6.93. The van der Waals surface area contributed by atoms with E-state index >= 15 is 0 Å². The van der Waals surface area contributed by atoms with Crippen LogP contribution >= 0.6 is 0 Å². The number of nitrogens with zero attached hydrogens (tertiary/aromatic N) is 1. The highest BCUT2D eigenvalue weighted by Gasteiger charge is 2.41. The lowest BCUT2D eigenvalue weighted by molar-refractivity contribution is -0.123. The van der Waals surface area contributed by atoms with Crippen molar-refractivity contribution in [3.8, 4) is 11.1 Å². The standard InChI is InChI=1S/C21H21FN2O/c22-16-5-3-4-14(12-16)15-8-9-17(23-13-15)10-11-20-18-6-1-2-7-19(18)21(25)24-20/h3-5,8-13,18-20H,1-2,6-7H2,(H,24,25)/t18-,19+,20+/m1/s1. The predicted molar refractivity (Wildman–Crippen MR) is 96.0 cm³/mol. The van der Waals surface area contributed by atoms with Crippen molar-refractivity contribution in [1.82, 2.24) is 10.3 Å². The van der Waals surface area contributed by atoms with E-state index in [1.165, 1.54) is 18.6 Å². The van der Waals surface area contributed by atoms with Crippen molar-refractivity contribution in [2.75, 3.05) is 0 Å². The van der Waals surface area contributed by atoms with Gasteiger partial charge in [0.15, 0.2) is 0 Å². The Labute approximate surface area is 147 Å². The molecular weight excluding hydrogens is 315 g/mol. The van der Waals surface area contributed by atoms with E-state index in [1.807, 2.05) is 24.3 Å². The summed E-state index contributed by atoms with van der Waals surface area (Å²) in [5.41, 5.74) is 2.54. The smallest absolute Gasteiger partial charge is 0.223 e. The monoisotopic (exact) mass is 336 g/mol. The predicted octanol–water partition coefficient (Wildman–Crippen LogP) is 4.21. The van der Waals surface area contributed by atoms with Crippen molar-refractivity contribution >= 4 is 12.0 Å². The molecule has 4 heteroatoms. The number of hydrogen-bond donors (Lipinski definition) is 1. The number of pyridine rings is 1. The van der Waals surface area contributed by atoms with Gasteiger partial charge in [-0.25, -0.2) is 4.39 Å². The summed E-state index contributed by atoms with van der Waals surface area (Å²) in [7, 11) is 0. The van der Waals surface area contributed by atoms with Crippen molar-refractivity contribution < 1.29 is 9.18 Å². The molecule has 2 heterocycles. The van der Waals surface area contributed by atoms with Crippen molar-refractivity contribution in [3.05, 3.63) is 60.2 Å². The van der Waals surface area contributed by atoms with E-state index in [0.717, 1.165) is 36.1 Å². The summed E-state index contributed by atoms with van der Waals surface area (Å²) in [4.78, 5) is 16.5. The van der Waals surface area contributed by atoms with Crippen LogP contribution in [0.3, 0.4) is 0 Å². The molecule has 128 valence electrons. The zero-order valence-electron chi connectivity index (χ0n) is 14.0. The maximum absolute atomic E-state index is 13.3. The second-order valence-corrected chi connectivity index (χ2v) is 6.93. The Kier molecular flexibility index (Phi) is 4.35. The number of carbonyl (C=O) groups is 1. The summed E-state index contributed by atoms with van der Waals surface area (Å²) in [6.07, 6.45) is 10.3. The van der Waals surface area contributed by atoms with E-state index in [9.17, 15) is 9.18 Å². The molecule has 3 atom stereocenters. The molecule has 2 fully saturated rings. The molecule has 1 aromatic carbocycles. The second kappa shape index (κ2) is 6.79. The first kappa shape index (κ1) is 16.0. The number of rotatable bonds is 3. The number of amides is 1. The summed E-state index contributed by atoms with van der Waals surface area (Å²) >= 11 is 0. The molecule has 1 N–H and O–H groups in total. The van der Waals surface area contributed by atoms with Crippen LogP contribution in [0.25, 0.3) is 17.2 Å². The van der Waals surface area contributed by atoms with E-state index < -0.39 is 0 Å². The molecule has 0 radical (unpaired) electrons. The number of halogens is 1. The fourth-order valence-electron chi connectivity index (χ4n) is 4.03. The van der Waals surface area contributed by atoms with Gasteiger partial charge in [0.25, 0.3) is 0 Å². The highest BCUT2D eigenvalue weighted by molar-refractivity contribution is 5.82. The van der Waals surface area contributed by atoms with Gasteiger partial charge in [0.1, 0.15) is 5.82 Å². The van der Waals surface area contributed by atoms with Gasteiger partial charge in [-0.1, -0.05) is 37.1 Å². The van der Waals surface area contributed by atoms with Gasteiger partial charge in [-0.2, -0.15) is 0 Å². The molecule has 1 amide bonds. The first-order chi connectivity index (χ1) is 12.2. The number of fused-ring (bicyclic) bond motifs is 1. The van der Waals surface area contributed by atoms with Gasteiger partial charge in [0.05, 0.1) is 11.7 Å². The van der Waals surface area contributed by atoms with Crippen LogP contribution in [0, 0.1) is 17.7 Å². The minimum absolute atomic E-state index is 0.113. The molecule has 25 heavy (non-hydrogen) atoms. The maximum Gasteiger partial charge on any atom is 0.223 e. The quantitative estimate of drug-likeness (QED) is 0.912. The fraction of sp³-hybridized carbons (Fsp3) is 0.333. The van der Waals surface area contributed by atoms with Crippen molar-refractivity contribution in [2.45, 2.75) is 31.7 Å². The molecular formula is C21H21FN2O. The molecule has 0 bridgehead atoms. The molecule has 1 aromatic heterocycles. The summed E-state index contributed by atoms with van der Waals surface area (Å²) < 4.78 is 13.3. The fourth-order valence-corrected chi connectivity index (χ4v) is 4.03. The van der Waals surface area contributed by atoms with E-state index in [4.69, 9.17) is 0 Å². The Bertz CT molecular complexity index is 800. The summed E-state index contributed by atoms with van der Waals surface area (Å²) in [5.74, 6) is 0.560. The Hall–Kier alpha value is -2.49. The van der Waals surface area contributed by atoms with Crippen molar-refractivity contribution in [2.24, 2.45) is 11.8 Å². The third-order valence-electron chi connectivity index (χ3n) is 5.35. The van der Waals surface area contributed by atoms with Crippen LogP contribution in [0.5, 0.6) is 0 Å². The van der Waals surface area contributed by atoms with Gasteiger partial charge in [-0.05, 0) is 48.6 Å². The van der Waals surface area contributed by atoms with Crippen LogP contribution in [0.2, 0.25) is 0 Å². The molecule has 0 unspecified atom stereocenters. The van der Waals surface area contributed by atoms with Gasteiger partial charge in [-0.15, -0.1) is 0 Å². The molecule has 4 rings (SSSR count). The number of carbonyl (C=O) groups excluding carboxylic acids is 1. The van der Waals surface area contributed by atoms with Crippen LogP contribution in [0.1, 0.15) is 31.4 Å². The number of aromatic nitrogens is 1. The van der Waals surface area contributed by atoms with Gasteiger partial charge in [0, 0.05) is 17.7 Å². The summed E-state index contributed by atoms with van der Waals surface area (Å²) in [5, 5.41) is 3.11. The minimum Gasteiger partial charge on any atom is -0.349 e. The van der Waals surface area contributed by atoms with Crippen molar-refractivity contribution in [1.29, 1.82) is 0 Å². The summed E-state index contributed by atoms with van der Waals surface area (Å²) in [6.45, 7) is 0. The highest BCUT2D eigenvalue weighted by atomic mass is 19.1. The molecule has 2 aromatic rings. The highest BCUT2D eigenvalue weighted by Crippen LogP contribution is 2.37. The van der Waals surface area contributed by atoms with Crippen LogP contribution in [-0.2, 0) is 4.79 Å². The number of benzene rings is 1. The lowest BCUT2D eigenvalue weighted by atomic mass is 9.78. The zero-order chi connectivity index (χ0) is 17.2. The first-order valence-corrected chi connectivity index (χ1v) is 8.91. The van der Waals surface area contributed by atoms with E-state index in [2.05, 4.69) is 16.4 Å². The molecule has 1 saturated carbocycles. The maximum atomic E-state index is 13.3. The normalized spacial score (nSPS) is 25.8. The Morgan fingerprint density at radius 3 is 2.80 bits per heavy atom. The third-order valence-corrected chi connectivity index (χ3v) is 5.35. The largest absolute Gasteiger partial charge is 0.349 e. The van der Waals surface area contributed by atoms with Gasteiger partial charge < -0.3 is 5.32 Å². The van der Waals surface area contributed by atoms with E-state index in [0.29, 0.717) is 5.92 Å². The minimum atomic E-state index is -0.250. The van der Waals surface area contributed by atoms with Gasteiger partial charge in [0.2, 0.25) is 5.91 Å². The topological polar surface area (TPSA) is 42.0 Å². The third kappa shape index (κ3) is 3.34. The first-order valence-electron chi connectivity index (χ1n) is 8.91. The molecule has 3 nitrogen and oxygen atoms in total. The average molecular weight is 336 g/mol. The van der Waals surface area contributed by atoms with Crippen LogP contribution < -0.4 is 5.32 Å². The Morgan fingerprint density at radius 1 is 1.12 bits per heavy atom. The lowest BCUT2D eigenvalue weighted by Gasteiger charge is -2.24. The SMILES string of the molecule is O=C1N[C@@H](C=Cc2ccc(-c3cccc(F)c3)cn2)[C@@H]2CCCC[C@H]12. The molecule has 1 saturated heterocycles. The lowest BCUT2D eigenvalue weighted by Crippen LogP contribution is -2.26.